The second-order valence-electron chi connectivity index (χ2n) is 5.45. The molecule has 2 rings (SSSR count). The molecule has 0 atom stereocenters. The molecule has 2 aromatic heterocycles. The number of thiophene rings is 1. The van der Waals surface area contributed by atoms with Gasteiger partial charge in [-0.3, -0.25) is 4.79 Å². The Morgan fingerprint density at radius 1 is 1.12 bits per heavy atom. The molecular weight excluding hydrogens is 358 g/mol. The van der Waals surface area contributed by atoms with Gasteiger partial charge in [0, 0.05) is 4.88 Å². The second-order valence-corrected chi connectivity index (χ2v) is 6.67. The molecule has 1 amide bonds. The van der Waals surface area contributed by atoms with E-state index in [9.17, 15) is 14.4 Å². The first-order valence-electron chi connectivity index (χ1n) is 8.20. The van der Waals surface area contributed by atoms with E-state index in [1.807, 2.05) is 13.8 Å². The van der Waals surface area contributed by atoms with Crippen molar-refractivity contribution in [2.75, 3.05) is 18.5 Å². The molecule has 0 unspecified atom stereocenters. The van der Waals surface area contributed by atoms with E-state index in [0.29, 0.717) is 22.7 Å². The molecule has 0 radical (unpaired) electrons. The first kappa shape index (κ1) is 19.7. The minimum Gasteiger partial charge on any atom is -0.462 e. The Balaban J connectivity index is 2.06. The maximum Gasteiger partial charge on any atom is 0.374 e. The van der Waals surface area contributed by atoms with Gasteiger partial charge in [-0.15, -0.1) is 11.3 Å². The molecule has 2 heterocycles. The molecule has 1 N–H and O–H groups in total. The monoisotopic (exact) mass is 379 g/mol. The van der Waals surface area contributed by atoms with Crippen molar-refractivity contribution in [2.45, 2.75) is 34.1 Å². The van der Waals surface area contributed by atoms with Crippen molar-refractivity contribution in [3.8, 4) is 0 Å². The molecule has 8 heteroatoms. The molecule has 0 saturated carbocycles. The minimum absolute atomic E-state index is 0.0303. The maximum atomic E-state index is 12.2. The average Bonchev–Trinajstić information content (AvgIpc) is 3.15. The van der Waals surface area contributed by atoms with Gasteiger partial charge in [-0.25, -0.2) is 9.59 Å². The van der Waals surface area contributed by atoms with E-state index in [1.54, 1.807) is 19.9 Å². The van der Waals surface area contributed by atoms with Crippen LogP contribution in [0.4, 0.5) is 5.00 Å². The molecule has 0 spiro atoms. The van der Waals surface area contributed by atoms with E-state index >= 15 is 0 Å². The fraction of sp³-hybridized carbons (Fsp3) is 0.389. The Morgan fingerprint density at radius 3 is 2.42 bits per heavy atom. The van der Waals surface area contributed by atoms with Gasteiger partial charge in [-0.05, 0) is 44.9 Å². The normalized spacial score (nSPS) is 10.5. The Labute approximate surface area is 155 Å². The van der Waals surface area contributed by atoms with E-state index in [-0.39, 0.29) is 12.4 Å². The molecule has 7 nitrogen and oxygen atoms in total. The van der Waals surface area contributed by atoms with Crippen LogP contribution in [0.3, 0.4) is 0 Å². The van der Waals surface area contributed by atoms with Crippen molar-refractivity contribution < 1.29 is 28.3 Å². The highest BCUT2D eigenvalue weighted by atomic mass is 32.1. The Kier molecular flexibility index (Phi) is 6.57. The lowest BCUT2D eigenvalue weighted by Gasteiger charge is -2.08. The summed E-state index contributed by atoms with van der Waals surface area (Å²) in [4.78, 5) is 37.1. The van der Waals surface area contributed by atoms with Crippen LogP contribution >= 0.6 is 11.3 Å². The lowest BCUT2D eigenvalue weighted by atomic mass is 10.1. The number of anilines is 1. The molecule has 0 bridgehead atoms. The van der Waals surface area contributed by atoms with Gasteiger partial charge in [0.05, 0.1) is 12.2 Å². The highest BCUT2D eigenvalue weighted by molar-refractivity contribution is 7.16. The van der Waals surface area contributed by atoms with Gasteiger partial charge in [-0.2, -0.15) is 0 Å². The van der Waals surface area contributed by atoms with E-state index < -0.39 is 24.5 Å². The number of carbonyl (C=O) groups excluding carboxylic acids is 3. The maximum absolute atomic E-state index is 12.2. The summed E-state index contributed by atoms with van der Waals surface area (Å²) < 4.78 is 15.2. The molecule has 0 aliphatic carbocycles. The van der Waals surface area contributed by atoms with Crippen molar-refractivity contribution in [1.82, 2.24) is 0 Å². The highest BCUT2D eigenvalue weighted by Crippen LogP contribution is 2.34. The number of esters is 2. The lowest BCUT2D eigenvalue weighted by molar-refractivity contribution is -0.119. The summed E-state index contributed by atoms with van der Waals surface area (Å²) in [7, 11) is 0. The van der Waals surface area contributed by atoms with Crippen LogP contribution in [0.1, 0.15) is 51.0 Å². The molecule has 140 valence electrons. The summed E-state index contributed by atoms with van der Waals surface area (Å²) in [6, 6.07) is 3.10. The first-order chi connectivity index (χ1) is 12.4. The van der Waals surface area contributed by atoms with Gasteiger partial charge in [0.15, 0.2) is 6.61 Å². The van der Waals surface area contributed by atoms with Crippen molar-refractivity contribution in [1.29, 1.82) is 0 Å². The quantitative estimate of drug-likeness (QED) is 0.740. The van der Waals surface area contributed by atoms with Crippen LogP contribution in [0.5, 0.6) is 0 Å². The van der Waals surface area contributed by atoms with Crippen LogP contribution in [0.2, 0.25) is 0 Å². The topological polar surface area (TPSA) is 94.8 Å². The second kappa shape index (κ2) is 8.66. The number of ether oxygens (including phenoxy) is 2. The van der Waals surface area contributed by atoms with E-state index in [4.69, 9.17) is 13.9 Å². The summed E-state index contributed by atoms with van der Waals surface area (Å²) >= 11 is 1.29. The van der Waals surface area contributed by atoms with Crippen LogP contribution < -0.4 is 5.32 Å². The summed E-state index contributed by atoms with van der Waals surface area (Å²) in [5.74, 6) is -1.15. The number of nitrogens with one attached hydrogen (secondary N) is 1. The van der Waals surface area contributed by atoms with Gasteiger partial charge >= 0.3 is 11.9 Å². The van der Waals surface area contributed by atoms with Crippen molar-refractivity contribution in [3.05, 3.63) is 39.7 Å². The lowest BCUT2D eigenvalue weighted by Crippen LogP contribution is -2.21. The van der Waals surface area contributed by atoms with Gasteiger partial charge in [0.2, 0.25) is 5.76 Å². The largest absolute Gasteiger partial charge is 0.462 e. The number of hydrogen-bond donors (Lipinski definition) is 1. The molecule has 0 aliphatic heterocycles. The summed E-state index contributed by atoms with van der Waals surface area (Å²) in [5, 5.41) is 3.02. The summed E-state index contributed by atoms with van der Waals surface area (Å²) in [5.41, 5.74) is 1.20. The fourth-order valence-electron chi connectivity index (χ4n) is 2.42. The zero-order valence-electron chi connectivity index (χ0n) is 15.1. The molecule has 26 heavy (non-hydrogen) atoms. The SMILES string of the molecule is CCOC(=O)c1c(NC(=O)COC(=O)c2ccc(C)o2)sc(C)c1CC. The predicted molar refractivity (Wildman–Crippen MR) is 96.7 cm³/mol. The van der Waals surface area contributed by atoms with E-state index in [1.165, 1.54) is 17.4 Å². The smallest absolute Gasteiger partial charge is 0.374 e. The number of amides is 1. The van der Waals surface area contributed by atoms with E-state index in [0.717, 1.165) is 10.4 Å². The first-order valence-corrected chi connectivity index (χ1v) is 9.01. The molecule has 0 aliphatic rings. The van der Waals surface area contributed by atoms with Gasteiger partial charge in [-0.1, -0.05) is 6.92 Å². The molecule has 0 saturated heterocycles. The summed E-state index contributed by atoms with van der Waals surface area (Å²) in [6.07, 6.45) is 0.638. The average molecular weight is 379 g/mol. The summed E-state index contributed by atoms with van der Waals surface area (Å²) in [6.45, 7) is 6.98. The highest BCUT2D eigenvalue weighted by Gasteiger charge is 2.24. The molecule has 0 fully saturated rings. The van der Waals surface area contributed by atoms with Gasteiger partial charge in [0.1, 0.15) is 10.8 Å². The van der Waals surface area contributed by atoms with Crippen LogP contribution in [-0.4, -0.2) is 31.1 Å². The number of furan rings is 1. The Morgan fingerprint density at radius 2 is 1.85 bits per heavy atom. The third-order valence-electron chi connectivity index (χ3n) is 3.57. The predicted octanol–water partition coefficient (Wildman–Crippen LogP) is 3.49. The van der Waals surface area contributed by atoms with Gasteiger partial charge in [0.25, 0.3) is 5.91 Å². The molecular formula is C18H21NO6S. The van der Waals surface area contributed by atoms with Crippen LogP contribution in [0.15, 0.2) is 16.5 Å². The third-order valence-corrected chi connectivity index (χ3v) is 4.63. The van der Waals surface area contributed by atoms with Crippen LogP contribution in [-0.2, 0) is 20.7 Å². The van der Waals surface area contributed by atoms with Gasteiger partial charge < -0.3 is 19.2 Å². The molecule has 0 aromatic carbocycles. The number of aryl methyl sites for hydroxylation is 2. The number of rotatable bonds is 7. The van der Waals surface area contributed by atoms with Crippen molar-refractivity contribution in [3.63, 3.8) is 0 Å². The van der Waals surface area contributed by atoms with Crippen molar-refractivity contribution >= 4 is 34.2 Å². The van der Waals surface area contributed by atoms with E-state index in [2.05, 4.69) is 5.32 Å². The Bertz CT molecular complexity index is 820. The van der Waals surface area contributed by atoms with Crippen LogP contribution in [0, 0.1) is 13.8 Å². The number of carbonyl (C=O) groups is 3. The zero-order valence-corrected chi connectivity index (χ0v) is 16.0. The Hall–Kier alpha value is -2.61. The number of hydrogen-bond acceptors (Lipinski definition) is 7. The standard InChI is InChI=1S/C18H21NO6S/c1-5-12-11(4)26-16(15(12)18(22)23-6-2)19-14(20)9-24-17(21)13-8-7-10(3)25-13/h7-8H,5-6,9H2,1-4H3,(H,19,20). The fourth-order valence-corrected chi connectivity index (χ4v) is 3.57. The third kappa shape index (κ3) is 4.51. The zero-order chi connectivity index (χ0) is 19.3. The van der Waals surface area contributed by atoms with Crippen LogP contribution in [0.25, 0.3) is 0 Å². The molecule has 2 aromatic rings. The minimum atomic E-state index is -0.726. The van der Waals surface area contributed by atoms with Crippen molar-refractivity contribution in [2.24, 2.45) is 0 Å².